The summed E-state index contributed by atoms with van der Waals surface area (Å²) in [6.45, 7) is 7.46. The molecule has 1 aromatic carbocycles. The van der Waals surface area contributed by atoms with E-state index in [0.29, 0.717) is 11.8 Å². The van der Waals surface area contributed by atoms with Gasteiger partial charge in [-0.25, -0.2) is 0 Å². The first-order chi connectivity index (χ1) is 12.5. The van der Waals surface area contributed by atoms with Crippen LogP contribution < -0.4 is 10.2 Å². The van der Waals surface area contributed by atoms with Crippen LogP contribution in [0, 0.1) is 18.3 Å². The summed E-state index contributed by atoms with van der Waals surface area (Å²) in [5.74, 6) is 0.602. The number of rotatable bonds is 6. The van der Waals surface area contributed by atoms with E-state index in [9.17, 15) is 4.79 Å². The average molecular weight is 353 g/mol. The molecule has 0 bridgehead atoms. The quantitative estimate of drug-likeness (QED) is 0.733. The molecule has 0 radical (unpaired) electrons. The van der Waals surface area contributed by atoms with Crippen molar-refractivity contribution in [2.75, 3.05) is 18.5 Å². The lowest BCUT2D eigenvalue weighted by Crippen LogP contribution is -2.51. The largest absolute Gasteiger partial charge is 0.320 e. The second-order valence-corrected chi connectivity index (χ2v) is 8.08. The van der Waals surface area contributed by atoms with Crippen LogP contribution in [0.4, 0.5) is 5.69 Å². The maximum absolute atomic E-state index is 13.9. The van der Waals surface area contributed by atoms with E-state index in [-0.39, 0.29) is 5.41 Å². The monoisotopic (exact) mass is 352 g/mol. The van der Waals surface area contributed by atoms with Gasteiger partial charge in [-0.2, -0.15) is 0 Å². The molecule has 2 aliphatic rings. The number of benzene rings is 1. The zero-order valence-corrected chi connectivity index (χ0v) is 16.6. The highest BCUT2D eigenvalue weighted by atomic mass is 16.2. The van der Waals surface area contributed by atoms with Crippen LogP contribution in [0.2, 0.25) is 0 Å². The number of aryl methyl sites for hydroxylation is 1. The topological polar surface area (TPSA) is 32.3 Å². The highest BCUT2D eigenvalue weighted by Crippen LogP contribution is 2.49. The minimum atomic E-state index is -0.317. The lowest BCUT2D eigenvalue weighted by Gasteiger charge is -2.46. The zero-order valence-electron chi connectivity index (χ0n) is 16.6. The molecule has 140 valence electrons. The zero-order chi connectivity index (χ0) is 18.7. The highest BCUT2D eigenvalue weighted by molar-refractivity contribution is 6.02. The smallest absolute Gasteiger partial charge is 0.238 e. The van der Waals surface area contributed by atoms with Gasteiger partial charge in [0.25, 0.3) is 0 Å². The Labute approximate surface area is 158 Å². The summed E-state index contributed by atoms with van der Waals surface area (Å²) >= 11 is 0. The predicted molar refractivity (Wildman–Crippen MR) is 109 cm³/mol. The molecule has 0 aromatic heterocycles. The van der Waals surface area contributed by atoms with Crippen molar-refractivity contribution >= 4 is 11.6 Å². The number of allylic oxidation sites excluding steroid dienone is 4. The van der Waals surface area contributed by atoms with E-state index in [0.717, 1.165) is 44.3 Å². The molecule has 3 heteroatoms. The molecule has 3 rings (SSSR count). The van der Waals surface area contributed by atoms with Gasteiger partial charge in [0.15, 0.2) is 0 Å². The van der Waals surface area contributed by atoms with Crippen molar-refractivity contribution in [2.24, 2.45) is 11.3 Å². The van der Waals surface area contributed by atoms with Gasteiger partial charge in [-0.3, -0.25) is 9.69 Å². The molecule has 1 atom stereocenters. The van der Waals surface area contributed by atoms with Crippen molar-refractivity contribution in [1.82, 2.24) is 5.32 Å². The Morgan fingerprint density at radius 2 is 1.96 bits per heavy atom. The summed E-state index contributed by atoms with van der Waals surface area (Å²) in [5, 5.41) is 3.23. The van der Waals surface area contributed by atoms with Crippen LogP contribution in [0.3, 0.4) is 0 Å². The van der Waals surface area contributed by atoms with Gasteiger partial charge >= 0.3 is 0 Å². The third-order valence-electron chi connectivity index (χ3n) is 6.09. The summed E-state index contributed by atoms with van der Waals surface area (Å²) in [4.78, 5) is 15.9. The first-order valence-corrected chi connectivity index (χ1v) is 9.94. The summed E-state index contributed by atoms with van der Waals surface area (Å²) in [6, 6.07) is 8.41. The van der Waals surface area contributed by atoms with Crippen LogP contribution in [0.5, 0.6) is 0 Å². The maximum atomic E-state index is 13.9. The second-order valence-electron chi connectivity index (χ2n) is 8.08. The molecule has 0 fully saturated rings. The first kappa shape index (κ1) is 18.9. The van der Waals surface area contributed by atoms with Crippen molar-refractivity contribution < 1.29 is 4.79 Å². The normalized spacial score (nSPS) is 23.0. The van der Waals surface area contributed by atoms with E-state index in [1.165, 1.54) is 16.8 Å². The first-order valence-electron chi connectivity index (χ1n) is 9.94. The molecule has 0 saturated heterocycles. The third kappa shape index (κ3) is 3.37. The fourth-order valence-electron chi connectivity index (χ4n) is 4.36. The molecule has 0 spiro atoms. The number of amides is 1. The van der Waals surface area contributed by atoms with E-state index < -0.39 is 0 Å². The summed E-state index contributed by atoms with van der Waals surface area (Å²) in [5.41, 5.74) is 4.49. The van der Waals surface area contributed by atoms with Gasteiger partial charge in [0.05, 0.1) is 5.41 Å². The Balaban J connectivity index is 2.07. The van der Waals surface area contributed by atoms with Crippen molar-refractivity contribution in [3.8, 4) is 0 Å². The van der Waals surface area contributed by atoms with Gasteiger partial charge in [-0.1, -0.05) is 43.7 Å². The van der Waals surface area contributed by atoms with E-state index >= 15 is 0 Å². The molecule has 1 amide bonds. The van der Waals surface area contributed by atoms with E-state index in [1.807, 2.05) is 11.9 Å². The number of carbonyl (C=O) groups is 1. The number of hydrogen-bond donors (Lipinski definition) is 1. The van der Waals surface area contributed by atoms with Gasteiger partial charge in [0.2, 0.25) is 5.91 Å². The van der Waals surface area contributed by atoms with Crippen molar-refractivity contribution in [3.63, 3.8) is 0 Å². The van der Waals surface area contributed by atoms with Crippen LogP contribution in [0.15, 0.2) is 47.7 Å². The number of nitrogens with zero attached hydrogens (tertiary/aromatic N) is 1. The minimum absolute atomic E-state index is 0.293. The molecular formula is C23H32N2O. The lowest BCUT2D eigenvalue weighted by molar-refractivity contribution is -0.131. The summed E-state index contributed by atoms with van der Waals surface area (Å²) < 4.78 is 0. The molecule has 1 aliphatic heterocycles. The van der Waals surface area contributed by atoms with Crippen LogP contribution >= 0.6 is 0 Å². The van der Waals surface area contributed by atoms with Crippen molar-refractivity contribution in [3.05, 3.63) is 53.3 Å². The maximum Gasteiger partial charge on any atom is 0.238 e. The molecule has 1 heterocycles. The predicted octanol–water partition coefficient (Wildman–Crippen LogP) is 4.98. The number of anilines is 1. The fraction of sp³-hybridized carbons (Fsp3) is 0.522. The molecule has 26 heavy (non-hydrogen) atoms. The summed E-state index contributed by atoms with van der Waals surface area (Å²) in [7, 11) is 1.98. The summed E-state index contributed by atoms with van der Waals surface area (Å²) in [6.07, 6.45) is 9.33. The Kier molecular flexibility index (Phi) is 5.67. The SMILES string of the molecule is CNCCCC1(C(C)C)CC2=C(CCC=C2)N(c2ccc(C)cc2)C1=O. The van der Waals surface area contributed by atoms with E-state index in [4.69, 9.17) is 0 Å². The fourth-order valence-corrected chi connectivity index (χ4v) is 4.36. The molecule has 0 saturated carbocycles. The minimum Gasteiger partial charge on any atom is -0.320 e. The van der Waals surface area contributed by atoms with Gasteiger partial charge in [0, 0.05) is 11.4 Å². The molecule has 3 nitrogen and oxygen atoms in total. The van der Waals surface area contributed by atoms with Crippen molar-refractivity contribution in [2.45, 2.75) is 52.9 Å². The van der Waals surface area contributed by atoms with Crippen molar-refractivity contribution in [1.29, 1.82) is 0 Å². The molecule has 1 aromatic rings. The van der Waals surface area contributed by atoms with Crippen LogP contribution in [0.25, 0.3) is 0 Å². The van der Waals surface area contributed by atoms with Gasteiger partial charge in [-0.05, 0) is 76.2 Å². The van der Waals surface area contributed by atoms with Gasteiger partial charge in [0.1, 0.15) is 0 Å². The van der Waals surface area contributed by atoms with E-state index in [1.54, 1.807) is 0 Å². The second kappa shape index (κ2) is 7.79. The average Bonchev–Trinajstić information content (AvgIpc) is 2.63. The molecule has 1 unspecified atom stereocenters. The van der Waals surface area contributed by atoms with Gasteiger partial charge < -0.3 is 5.32 Å². The lowest BCUT2D eigenvalue weighted by atomic mass is 9.65. The van der Waals surface area contributed by atoms with Crippen LogP contribution in [-0.2, 0) is 4.79 Å². The van der Waals surface area contributed by atoms with Crippen LogP contribution in [-0.4, -0.2) is 19.5 Å². The Morgan fingerprint density at radius 3 is 2.62 bits per heavy atom. The molecule has 1 aliphatic carbocycles. The molecule has 1 N–H and O–H groups in total. The Hall–Kier alpha value is -1.87. The molecular weight excluding hydrogens is 320 g/mol. The van der Waals surface area contributed by atoms with Gasteiger partial charge in [-0.15, -0.1) is 0 Å². The Bertz CT molecular complexity index is 714. The number of nitrogens with one attached hydrogen (secondary N) is 1. The highest BCUT2D eigenvalue weighted by Gasteiger charge is 2.48. The third-order valence-corrected chi connectivity index (χ3v) is 6.09. The van der Waals surface area contributed by atoms with E-state index in [2.05, 4.69) is 62.5 Å². The van der Waals surface area contributed by atoms with Crippen LogP contribution in [0.1, 0.15) is 51.5 Å². The standard InChI is InChI=1S/C23H32N2O/c1-17(2)23(14-7-15-24-4)16-19-8-5-6-9-21(19)25(22(23)26)20-12-10-18(3)11-13-20/h5,8,10-13,17,24H,6-7,9,14-16H2,1-4H3. The number of carbonyl (C=O) groups excluding carboxylic acids is 1. The number of hydrogen-bond acceptors (Lipinski definition) is 2. The Morgan fingerprint density at radius 1 is 1.23 bits per heavy atom.